The Bertz CT molecular complexity index is 818. The van der Waals surface area contributed by atoms with Gasteiger partial charge in [-0.15, -0.1) is 0 Å². The van der Waals surface area contributed by atoms with Gasteiger partial charge in [-0.25, -0.2) is 0 Å². The number of nitrogens with zero attached hydrogens (tertiary/aromatic N) is 1. The van der Waals surface area contributed by atoms with Crippen LogP contribution in [0.1, 0.15) is 32.3 Å². The predicted octanol–water partition coefficient (Wildman–Crippen LogP) is 3.54. The first-order valence-electron chi connectivity index (χ1n) is 10.1. The molecule has 0 bridgehead atoms. The van der Waals surface area contributed by atoms with Crippen LogP contribution >= 0.6 is 0 Å². The van der Waals surface area contributed by atoms with Gasteiger partial charge in [-0.1, -0.05) is 19.1 Å². The Morgan fingerprint density at radius 2 is 1.69 bits per heavy atom. The minimum Gasteiger partial charge on any atom is -0.494 e. The van der Waals surface area contributed by atoms with E-state index in [0.717, 1.165) is 29.2 Å². The first kappa shape index (κ1) is 20.7. The molecule has 29 heavy (non-hydrogen) atoms. The molecule has 154 valence electrons. The lowest BCUT2D eigenvalue weighted by Gasteiger charge is -2.17. The standard InChI is InChI=1S/C23H28N2O4/c1-3-13-29-21-11-7-19(8-12-21)25-16-18(14-22(25)26)23(27)24-15-17-5-9-20(10-6-17)28-4-2/h5-12,18H,3-4,13-16H2,1-2H3,(H,24,27)/t18-/m1/s1. The van der Waals surface area contributed by atoms with Gasteiger partial charge in [-0.3, -0.25) is 9.59 Å². The topological polar surface area (TPSA) is 67.9 Å². The molecule has 0 spiro atoms. The third kappa shape index (κ3) is 5.50. The van der Waals surface area contributed by atoms with Crippen molar-refractivity contribution in [3.05, 3.63) is 54.1 Å². The molecule has 2 aromatic rings. The quantitative estimate of drug-likeness (QED) is 0.704. The molecule has 6 heteroatoms. The second-order valence-corrected chi connectivity index (χ2v) is 7.04. The molecule has 2 amide bonds. The molecule has 1 fully saturated rings. The van der Waals surface area contributed by atoms with Crippen molar-refractivity contribution < 1.29 is 19.1 Å². The summed E-state index contributed by atoms with van der Waals surface area (Å²) >= 11 is 0. The molecule has 1 heterocycles. The Kier molecular flexibility index (Phi) is 7.11. The molecule has 6 nitrogen and oxygen atoms in total. The first-order chi connectivity index (χ1) is 14.1. The largest absolute Gasteiger partial charge is 0.494 e. The average molecular weight is 396 g/mol. The number of rotatable bonds is 9. The van der Waals surface area contributed by atoms with Gasteiger partial charge in [0.15, 0.2) is 0 Å². The zero-order chi connectivity index (χ0) is 20.6. The van der Waals surface area contributed by atoms with Crippen LogP contribution in [0.5, 0.6) is 11.5 Å². The first-order valence-corrected chi connectivity index (χ1v) is 10.1. The zero-order valence-corrected chi connectivity index (χ0v) is 17.0. The second kappa shape index (κ2) is 9.96. The Morgan fingerprint density at radius 1 is 1.03 bits per heavy atom. The SMILES string of the molecule is CCCOc1ccc(N2C[C@H](C(=O)NCc3ccc(OCC)cc3)CC2=O)cc1. The van der Waals surface area contributed by atoms with Gasteiger partial charge >= 0.3 is 0 Å². The number of benzene rings is 2. The highest BCUT2D eigenvalue weighted by molar-refractivity contribution is 6.00. The molecular weight excluding hydrogens is 368 g/mol. The summed E-state index contributed by atoms with van der Waals surface area (Å²) in [4.78, 5) is 26.6. The third-order valence-corrected chi connectivity index (χ3v) is 4.82. The zero-order valence-electron chi connectivity index (χ0n) is 17.0. The van der Waals surface area contributed by atoms with Gasteiger partial charge in [0.25, 0.3) is 0 Å². The molecular formula is C23H28N2O4. The maximum absolute atomic E-state index is 12.5. The normalized spacial score (nSPS) is 16.0. The molecule has 1 aliphatic rings. The summed E-state index contributed by atoms with van der Waals surface area (Å²) in [5, 5.41) is 2.94. The number of hydrogen-bond donors (Lipinski definition) is 1. The minimum atomic E-state index is -0.346. The summed E-state index contributed by atoms with van der Waals surface area (Å²) in [7, 11) is 0. The molecule has 0 aliphatic carbocycles. The number of carbonyl (C=O) groups excluding carboxylic acids is 2. The fourth-order valence-corrected chi connectivity index (χ4v) is 3.28. The van der Waals surface area contributed by atoms with E-state index in [-0.39, 0.29) is 24.2 Å². The minimum absolute atomic E-state index is 0.0338. The van der Waals surface area contributed by atoms with Gasteiger partial charge in [0, 0.05) is 25.2 Å². The van der Waals surface area contributed by atoms with E-state index in [4.69, 9.17) is 9.47 Å². The monoisotopic (exact) mass is 396 g/mol. The van der Waals surface area contributed by atoms with E-state index in [1.54, 1.807) is 4.90 Å². The average Bonchev–Trinajstić information content (AvgIpc) is 3.14. The van der Waals surface area contributed by atoms with Crippen LogP contribution < -0.4 is 19.7 Å². The smallest absolute Gasteiger partial charge is 0.227 e. The van der Waals surface area contributed by atoms with Crippen molar-refractivity contribution in [2.45, 2.75) is 33.2 Å². The van der Waals surface area contributed by atoms with E-state index in [2.05, 4.69) is 12.2 Å². The molecule has 1 N–H and O–H groups in total. The van der Waals surface area contributed by atoms with Crippen LogP contribution in [-0.4, -0.2) is 31.6 Å². The highest BCUT2D eigenvalue weighted by Crippen LogP contribution is 2.27. The van der Waals surface area contributed by atoms with Crippen molar-refractivity contribution in [1.29, 1.82) is 0 Å². The van der Waals surface area contributed by atoms with Crippen molar-refractivity contribution in [2.24, 2.45) is 5.92 Å². The lowest BCUT2D eigenvalue weighted by molar-refractivity contribution is -0.126. The Hall–Kier alpha value is -3.02. The molecule has 1 saturated heterocycles. The predicted molar refractivity (Wildman–Crippen MR) is 112 cm³/mol. The molecule has 1 aliphatic heterocycles. The van der Waals surface area contributed by atoms with Crippen molar-refractivity contribution in [3.8, 4) is 11.5 Å². The van der Waals surface area contributed by atoms with E-state index in [1.807, 2.05) is 55.5 Å². The number of anilines is 1. The van der Waals surface area contributed by atoms with E-state index >= 15 is 0 Å². The highest BCUT2D eigenvalue weighted by atomic mass is 16.5. The van der Waals surface area contributed by atoms with Crippen LogP contribution in [0.2, 0.25) is 0 Å². The summed E-state index contributed by atoms with van der Waals surface area (Å²) in [6.45, 7) is 6.10. The highest BCUT2D eigenvalue weighted by Gasteiger charge is 2.35. The van der Waals surface area contributed by atoms with Gasteiger partial charge < -0.3 is 19.7 Å². The van der Waals surface area contributed by atoms with Crippen LogP contribution in [0.3, 0.4) is 0 Å². The summed E-state index contributed by atoms with van der Waals surface area (Å²) in [6, 6.07) is 15.1. The third-order valence-electron chi connectivity index (χ3n) is 4.82. The van der Waals surface area contributed by atoms with Crippen LogP contribution in [0.15, 0.2) is 48.5 Å². The fourth-order valence-electron chi connectivity index (χ4n) is 3.28. The van der Waals surface area contributed by atoms with Crippen LogP contribution in [0.25, 0.3) is 0 Å². The van der Waals surface area contributed by atoms with Gasteiger partial charge in [0.1, 0.15) is 11.5 Å². The summed E-state index contributed by atoms with van der Waals surface area (Å²) in [5.74, 6) is 1.12. The van der Waals surface area contributed by atoms with Gasteiger partial charge in [-0.2, -0.15) is 0 Å². The van der Waals surface area contributed by atoms with E-state index < -0.39 is 0 Å². The Balaban J connectivity index is 1.53. The van der Waals surface area contributed by atoms with E-state index in [9.17, 15) is 9.59 Å². The van der Waals surface area contributed by atoms with E-state index in [1.165, 1.54) is 0 Å². The molecule has 0 unspecified atom stereocenters. The van der Waals surface area contributed by atoms with Gasteiger partial charge in [0.05, 0.1) is 19.1 Å². The fraction of sp³-hybridized carbons (Fsp3) is 0.391. The number of ether oxygens (including phenoxy) is 2. The van der Waals surface area contributed by atoms with Crippen molar-refractivity contribution in [2.75, 3.05) is 24.7 Å². The second-order valence-electron chi connectivity index (χ2n) is 7.04. The van der Waals surface area contributed by atoms with Crippen molar-refractivity contribution >= 4 is 17.5 Å². The lowest BCUT2D eigenvalue weighted by Crippen LogP contribution is -2.32. The van der Waals surface area contributed by atoms with Crippen LogP contribution in [0.4, 0.5) is 5.69 Å². The molecule has 0 radical (unpaired) electrons. The van der Waals surface area contributed by atoms with Crippen molar-refractivity contribution in [1.82, 2.24) is 5.32 Å². The number of carbonyl (C=O) groups is 2. The van der Waals surface area contributed by atoms with Crippen LogP contribution in [-0.2, 0) is 16.1 Å². The summed E-state index contributed by atoms with van der Waals surface area (Å²) < 4.78 is 11.0. The summed E-state index contributed by atoms with van der Waals surface area (Å²) in [5.41, 5.74) is 1.78. The number of nitrogens with one attached hydrogen (secondary N) is 1. The Morgan fingerprint density at radius 3 is 2.34 bits per heavy atom. The van der Waals surface area contributed by atoms with Crippen molar-refractivity contribution in [3.63, 3.8) is 0 Å². The van der Waals surface area contributed by atoms with Gasteiger partial charge in [0.2, 0.25) is 11.8 Å². The maximum Gasteiger partial charge on any atom is 0.227 e. The summed E-state index contributed by atoms with van der Waals surface area (Å²) in [6.07, 6.45) is 1.17. The molecule has 2 aromatic carbocycles. The molecule has 1 atom stereocenters. The molecule has 3 rings (SSSR count). The lowest BCUT2D eigenvalue weighted by atomic mass is 10.1. The number of amides is 2. The number of hydrogen-bond acceptors (Lipinski definition) is 4. The molecule has 0 aromatic heterocycles. The van der Waals surface area contributed by atoms with Crippen LogP contribution in [0, 0.1) is 5.92 Å². The Labute approximate surface area is 171 Å². The van der Waals surface area contributed by atoms with E-state index in [0.29, 0.717) is 26.3 Å². The van der Waals surface area contributed by atoms with Gasteiger partial charge in [-0.05, 0) is 55.3 Å². The molecule has 0 saturated carbocycles. The maximum atomic E-state index is 12.5.